The number of primary amides is 2. The number of hydrogen-bond acceptors (Lipinski definition) is 15. The number of carbonyl (C=O) groups excluding carboxylic acids is 3. The fraction of sp³-hybridized carbons (Fsp3) is 0.0854. The Morgan fingerprint density at radius 1 is 0.454 bits per heavy atom. The molecule has 0 bridgehead atoms. The van der Waals surface area contributed by atoms with Crippen molar-refractivity contribution in [2.75, 3.05) is 4.43 Å². The first-order chi connectivity index (χ1) is 56.9. The first kappa shape index (κ1) is 85.6. The highest BCUT2D eigenvalue weighted by Gasteiger charge is 2.59. The minimum absolute atomic E-state index is 0.162. The lowest BCUT2D eigenvalue weighted by Gasteiger charge is -2.31. The predicted octanol–water partition coefficient (Wildman–Crippen LogP) is 15.4. The number of alkyl halides is 10. The van der Waals surface area contributed by atoms with Crippen molar-refractivity contribution in [3.05, 3.63) is 324 Å². The fourth-order valence-corrected chi connectivity index (χ4v) is 13.3. The van der Waals surface area contributed by atoms with Crippen molar-refractivity contribution in [2.24, 2.45) is 11.5 Å². The average molecular weight is 1870 g/mol. The number of fused-ring (bicyclic) bond motifs is 7. The summed E-state index contributed by atoms with van der Waals surface area (Å²) in [6.45, 7) is -0.328. The van der Waals surface area contributed by atoms with Crippen LogP contribution in [0.1, 0.15) is 32.6 Å². The van der Waals surface area contributed by atoms with Crippen LogP contribution < -0.4 is 16.9 Å². The van der Waals surface area contributed by atoms with E-state index >= 15 is 0 Å². The molecule has 0 fully saturated rings. The van der Waals surface area contributed by atoms with E-state index in [0.29, 0.717) is 70.4 Å². The molecule has 2 atom stereocenters. The van der Waals surface area contributed by atoms with E-state index in [1.54, 1.807) is 156 Å². The Kier molecular flexibility index (Phi) is 26.5. The second-order valence-corrected chi connectivity index (χ2v) is 28.4. The van der Waals surface area contributed by atoms with E-state index in [9.17, 15) is 64.1 Å². The molecule has 7 aromatic carbocycles. The summed E-state index contributed by atoms with van der Waals surface area (Å²) in [5.74, 6) is -2.79. The number of pyridine rings is 4. The number of nitrogens with two attached hydrogens (primary N) is 2. The first-order valence-electron chi connectivity index (χ1n) is 35.1. The Morgan fingerprint density at radius 3 is 1.35 bits per heavy atom. The normalized spacial score (nSPS) is 12.4. The molecule has 2 unspecified atom stereocenters. The maximum Gasteiger partial charge on any atom is 0.490 e. The van der Waals surface area contributed by atoms with Crippen LogP contribution in [0.15, 0.2) is 296 Å². The number of aromatic nitrogens is 15. The number of rotatable bonds is 12. The van der Waals surface area contributed by atoms with Crippen LogP contribution in [-0.4, -0.2) is 142 Å². The van der Waals surface area contributed by atoms with Crippen molar-refractivity contribution in [2.45, 2.75) is 36.3 Å². The van der Waals surface area contributed by atoms with Crippen LogP contribution in [0.4, 0.5) is 39.5 Å². The lowest BCUT2D eigenvalue weighted by Crippen LogP contribution is -2.43. The number of aromatic amines is 3. The molecule has 18 rings (SSSR count). The molecule has 2 amide bonds. The molecule has 37 heteroatoms. The topological polar surface area (TPSA) is 354 Å². The number of carbonyl (C=O) groups is 3. The van der Waals surface area contributed by atoms with Crippen molar-refractivity contribution < 1.29 is 74.2 Å². The molecule has 0 saturated heterocycles. The highest BCUT2D eigenvalue weighted by Crippen LogP contribution is 2.49. The van der Waals surface area contributed by atoms with Crippen LogP contribution in [0.25, 0.3) is 93.4 Å². The first-order valence-corrected chi connectivity index (χ1v) is 38.2. The van der Waals surface area contributed by atoms with E-state index in [1.807, 2.05) is 75.9 Å². The molecule has 11 aromatic heterocycles. The van der Waals surface area contributed by atoms with Gasteiger partial charge in [0.1, 0.15) is 6.54 Å². The van der Waals surface area contributed by atoms with Crippen molar-refractivity contribution in [3.8, 4) is 17.1 Å². The van der Waals surface area contributed by atoms with Gasteiger partial charge in [0.2, 0.25) is 23.0 Å². The number of nitrogens with one attached hydrogen (secondary N) is 3. The predicted molar refractivity (Wildman–Crippen MR) is 446 cm³/mol. The Bertz CT molecular complexity index is 6550. The van der Waals surface area contributed by atoms with Crippen molar-refractivity contribution in [1.29, 1.82) is 0 Å². The van der Waals surface area contributed by atoms with E-state index < -0.39 is 54.1 Å². The molecule has 18 aromatic rings. The summed E-state index contributed by atoms with van der Waals surface area (Å²) in [6.07, 6.45) is 8.11. The van der Waals surface area contributed by atoms with Gasteiger partial charge in [0.25, 0.3) is 5.78 Å². The van der Waals surface area contributed by atoms with Gasteiger partial charge in [-0.15, -0.1) is 0 Å². The monoisotopic (exact) mass is 1860 g/mol. The van der Waals surface area contributed by atoms with Gasteiger partial charge in [0, 0.05) is 129 Å². The van der Waals surface area contributed by atoms with Crippen molar-refractivity contribution >= 4 is 161 Å². The molecule has 0 spiro atoms. The highest BCUT2D eigenvalue weighted by molar-refractivity contribution is 14.1. The molecule has 0 aliphatic carbocycles. The third kappa shape index (κ3) is 19.3. The number of nitrogens with zero attached hydrogens (tertiary/aromatic N) is 12. The molecular formula is C82H62BBr2F9IN17O7. The second-order valence-electron chi connectivity index (χ2n) is 25.8. The van der Waals surface area contributed by atoms with Gasteiger partial charge in [-0.05, 0) is 132 Å². The molecule has 604 valence electrons. The van der Waals surface area contributed by atoms with Crippen LogP contribution in [0.5, 0.6) is 0 Å². The van der Waals surface area contributed by atoms with Gasteiger partial charge >= 0.3 is 25.6 Å². The number of aliphatic hydroxyl groups is 2. The second kappa shape index (κ2) is 36.8. The Morgan fingerprint density at radius 2 is 0.891 bits per heavy atom. The fourth-order valence-electron chi connectivity index (χ4n) is 12.6. The van der Waals surface area contributed by atoms with Gasteiger partial charge in [0.15, 0.2) is 0 Å². The van der Waals surface area contributed by atoms with Crippen LogP contribution >= 0.6 is 54.5 Å². The molecule has 119 heavy (non-hydrogen) atoms. The van der Waals surface area contributed by atoms with E-state index in [-0.39, 0.29) is 40.1 Å². The molecule has 11 heterocycles. The van der Waals surface area contributed by atoms with Gasteiger partial charge < -0.3 is 46.3 Å². The molecular weight excluding hydrogens is 1800 g/mol. The van der Waals surface area contributed by atoms with Gasteiger partial charge in [0.05, 0.1) is 92.5 Å². The maximum atomic E-state index is 14.6. The smallest absolute Gasteiger partial charge is 0.423 e. The van der Waals surface area contributed by atoms with Crippen LogP contribution in [0, 0.1) is 0 Å². The van der Waals surface area contributed by atoms with E-state index in [1.165, 1.54) is 77.9 Å². The SMILES string of the molecule is Brc1ccc2[nH]ncc2c1.Brc1ccc2c(cnn2-c2cccnc2)c1.NC(=O)CI.NC(=O)Cn1cc(C(O)(c2ccc3c(cnn3-c3cccnc3)c2)C(F)(F)F)c2ccccc21.O=C(c1c[nH]c2ccccc12)C(F)(F)F.OB(O)c1cccnc1.OC(c1ccc2c(cnn2-c2cccnc2)c1)(c1c[nH]c2ccccc12)C(F)(F)F. The average Bonchev–Trinajstić information content (AvgIpc) is 1.68. The maximum absolute atomic E-state index is 14.6. The third-order valence-electron chi connectivity index (χ3n) is 18.1. The van der Waals surface area contributed by atoms with Crippen LogP contribution in [-0.2, 0) is 27.3 Å². The zero-order valence-electron chi connectivity index (χ0n) is 61.2. The quantitative estimate of drug-likeness (QED) is 0.0180. The zero-order valence-corrected chi connectivity index (χ0v) is 66.5. The zero-order chi connectivity index (χ0) is 85.0. The number of amides is 2. The molecule has 11 N–H and O–H groups in total. The Labute approximate surface area is 697 Å². The minimum Gasteiger partial charge on any atom is -0.423 e. The summed E-state index contributed by atoms with van der Waals surface area (Å²) in [5.41, 5.74) is 9.18. The summed E-state index contributed by atoms with van der Waals surface area (Å²) in [6, 6.07) is 53.6. The van der Waals surface area contributed by atoms with E-state index in [0.717, 1.165) is 48.8 Å². The molecule has 24 nitrogen and oxygen atoms in total. The summed E-state index contributed by atoms with van der Waals surface area (Å²) in [4.78, 5) is 53.4. The summed E-state index contributed by atoms with van der Waals surface area (Å²) in [7, 11) is -1.40. The standard InChI is InChI=1S/C24H18F3N5O2.C22H15F3N4O.C12H8BrN3.C10H6F3NO.C7H5BrN2.C5H6BNO2.C2H4INO/c25-24(26,27)23(34,19-13-31(14-22(28)33)21-6-2-1-5-18(19)21)16-7-8-20-15(10-16)11-30-32(20)17-4-3-9-29-12-17;23-22(24,25)21(30,18-13-27-19-6-2-1-5-17(18)19)15-7-8-20-14(10-15)11-28-29(20)16-4-3-9-26-12-16;13-10-3-4-12-9(6-10)7-15-16(12)11-2-1-5-14-8-11;11-10(12,13)9(15)7-5-14-8-4-2-1-3-6(7)8;8-6-1-2-7-5(3-6)4-9-10-7;8-6(9)5-2-1-3-7-4-5;3-1-2(4)5/h1-13,34H,14H2,(H2,28,33);1-13,27,30H;1-8H;1-5,14H;1-4H,(H,9,10);1-4,8-9H;1H2,(H2,4,5). The number of H-pyrrole nitrogens is 3. The van der Waals surface area contributed by atoms with Gasteiger partial charge in [-0.25, -0.2) is 14.0 Å². The number of Topliss-reactive ketones (excluding diaryl/α,β-unsaturated/α-hetero) is 1. The van der Waals surface area contributed by atoms with Gasteiger partial charge in [-0.3, -0.25) is 39.4 Å². The molecule has 0 aliphatic heterocycles. The lowest BCUT2D eigenvalue weighted by molar-refractivity contribution is -0.248. The number of ketones is 1. The van der Waals surface area contributed by atoms with Crippen LogP contribution in [0.3, 0.4) is 0 Å². The number of benzene rings is 7. The summed E-state index contributed by atoms with van der Waals surface area (Å²) in [5, 5.41) is 63.0. The molecule has 0 radical (unpaired) electrons. The Balaban J connectivity index is 0.000000138. The molecule has 0 aliphatic rings. The van der Waals surface area contributed by atoms with Crippen molar-refractivity contribution in [1.82, 2.24) is 74.0 Å². The summed E-state index contributed by atoms with van der Waals surface area (Å²) >= 11 is 8.73. The van der Waals surface area contributed by atoms with Crippen LogP contribution in [0.2, 0.25) is 0 Å². The largest absolute Gasteiger partial charge is 0.490 e. The highest BCUT2D eigenvalue weighted by atomic mass is 127. The number of para-hydroxylation sites is 3. The lowest BCUT2D eigenvalue weighted by atomic mass is 9.82. The minimum atomic E-state index is -5.07. The van der Waals surface area contributed by atoms with E-state index in [2.05, 4.69) is 99.1 Å². The third-order valence-corrected chi connectivity index (χ3v) is 19.8. The van der Waals surface area contributed by atoms with Crippen molar-refractivity contribution in [3.63, 3.8) is 0 Å². The Hall–Kier alpha value is -12.8. The summed E-state index contributed by atoms with van der Waals surface area (Å²) < 4.78 is 132. The number of hydrogen-bond donors (Lipinski definition) is 9. The van der Waals surface area contributed by atoms with E-state index in [4.69, 9.17) is 15.8 Å². The van der Waals surface area contributed by atoms with Gasteiger partial charge in [-0.2, -0.15) is 59.9 Å². The molecule has 0 saturated carbocycles. The van der Waals surface area contributed by atoms with Gasteiger partial charge in [-0.1, -0.05) is 127 Å². The number of halogens is 12.